The predicted octanol–water partition coefficient (Wildman–Crippen LogP) is 2.15. The Hall–Kier alpha value is -2.11. The van der Waals surface area contributed by atoms with Crippen molar-refractivity contribution >= 4 is 5.69 Å². The van der Waals surface area contributed by atoms with Gasteiger partial charge in [-0.15, -0.1) is 5.10 Å². The molecule has 6 nitrogen and oxygen atoms in total. The lowest BCUT2D eigenvalue weighted by Crippen LogP contribution is -2.15. The summed E-state index contributed by atoms with van der Waals surface area (Å²) in [6.45, 7) is 6.33. The Balaban J connectivity index is 2.58. The molecule has 19 heavy (non-hydrogen) atoms. The van der Waals surface area contributed by atoms with Crippen molar-refractivity contribution in [2.45, 2.75) is 26.8 Å². The fourth-order valence-electron chi connectivity index (χ4n) is 1.87. The zero-order chi connectivity index (χ0) is 14.0. The quantitative estimate of drug-likeness (QED) is 0.853. The number of tetrazole rings is 1. The van der Waals surface area contributed by atoms with Gasteiger partial charge in [-0.3, -0.25) is 0 Å². The molecule has 1 atom stereocenters. The van der Waals surface area contributed by atoms with E-state index in [2.05, 4.69) is 36.3 Å². The SMILES string of the molecule is COc1cccc(N)c1-c1nnnn1C(C)C(C)C. The van der Waals surface area contributed by atoms with Gasteiger partial charge in [0.05, 0.1) is 18.7 Å². The average molecular weight is 261 g/mol. The van der Waals surface area contributed by atoms with Crippen molar-refractivity contribution in [3.8, 4) is 17.1 Å². The summed E-state index contributed by atoms with van der Waals surface area (Å²) in [5.74, 6) is 1.72. The second-order valence-electron chi connectivity index (χ2n) is 4.86. The lowest BCUT2D eigenvalue weighted by molar-refractivity contribution is 0.370. The standard InChI is InChI=1S/C13H19N5O/c1-8(2)9(3)18-13(15-16-17-18)12-10(14)6-5-7-11(12)19-4/h5-9H,14H2,1-4H3. The molecule has 0 radical (unpaired) electrons. The van der Waals surface area contributed by atoms with Crippen molar-refractivity contribution in [1.29, 1.82) is 0 Å². The minimum Gasteiger partial charge on any atom is -0.496 e. The molecule has 0 fully saturated rings. The molecule has 1 heterocycles. The number of hydrogen-bond acceptors (Lipinski definition) is 5. The smallest absolute Gasteiger partial charge is 0.188 e. The van der Waals surface area contributed by atoms with Crippen LogP contribution in [0.1, 0.15) is 26.8 Å². The maximum Gasteiger partial charge on any atom is 0.188 e. The van der Waals surface area contributed by atoms with E-state index in [4.69, 9.17) is 10.5 Å². The Kier molecular flexibility index (Phi) is 3.69. The molecule has 1 aromatic heterocycles. The lowest BCUT2D eigenvalue weighted by Gasteiger charge is -2.18. The first kappa shape index (κ1) is 13.3. The molecule has 0 bridgehead atoms. The van der Waals surface area contributed by atoms with Crippen LogP contribution in [0.2, 0.25) is 0 Å². The molecule has 1 unspecified atom stereocenters. The molecule has 102 valence electrons. The number of benzene rings is 1. The third-order valence-electron chi connectivity index (χ3n) is 3.35. The summed E-state index contributed by atoms with van der Waals surface area (Å²) in [4.78, 5) is 0. The summed E-state index contributed by atoms with van der Waals surface area (Å²) in [6, 6.07) is 5.69. The van der Waals surface area contributed by atoms with Crippen LogP contribution in [0.3, 0.4) is 0 Å². The molecule has 0 aliphatic heterocycles. The van der Waals surface area contributed by atoms with Crippen LogP contribution in [0.4, 0.5) is 5.69 Å². The minimum absolute atomic E-state index is 0.175. The van der Waals surface area contributed by atoms with Gasteiger partial charge < -0.3 is 10.5 Å². The van der Waals surface area contributed by atoms with E-state index in [9.17, 15) is 0 Å². The van der Waals surface area contributed by atoms with Crippen molar-refractivity contribution in [3.63, 3.8) is 0 Å². The van der Waals surface area contributed by atoms with E-state index in [0.29, 0.717) is 23.2 Å². The Morgan fingerprint density at radius 1 is 1.26 bits per heavy atom. The Morgan fingerprint density at radius 2 is 2.00 bits per heavy atom. The number of aromatic nitrogens is 4. The van der Waals surface area contributed by atoms with Crippen LogP contribution in [0, 0.1) is 5.92 Å². The van der Waals surface area contributed by atoms with Crippen LogP contribution in [0.15, 0.2) is 18.2 Å². The van der Waals surface area contributed by atoms with Gasteiger partial charge in [-0.05, 0) is 35.4 Å². The molecule has 0 aliphatic carbocycles. The first-order valence-corrected chi connectivity index (χ1v) is 6.27. The number of ether oxygens (including phenoxy) is 1. The van der Waals surface area contributed by atoms with Gasteiger partial charge in [0.25, 0.3) is 0 Å². The monoisotopic (exact) mass is 261 g/mol. The topological polar surface area (TPSA) is 78.8 Å². The maximum absolute atomic E-state index is 6.04. The Labute approximate surface area is 112 Å². The average Bonchev–Trinajstić information content (AvgIpc) is 2.85. The highest BCUT2D eigenvalue weighted by Gasteiger charge is 2.21. The summed E-state index contributed by atoms with van der Waals surface area (Å²) < 4.78 is 7.15. The molecule has 1 aromatic carbocycles. The number of rotatable bonds is 4. The zero-order valence-corrected chi connectivity index (χ0v) is 11.7. The highest BCUT2D eigenvalue weighted by atomic mass is 16.5. The van der Waals surface area contributed by atoms with Gasteiger partial charge >= 0.3 is 0 Å². The normalized spacial score (nSPS) is 12.7. The molecule has 0 saturated carbocycles. The second-order valence-corrected chi connectivity index (χ2v) is 4.86. The van der Waals surface area contributed by atoms with Gasteiger partial charge in [-0.1, -0.05) is 19.9 Å². The van der Waals surface area contributed by atoms with Gasteiger partial charge in [0.1, 0.15) is 5.75 Å². The number of anilines is 1. The van der Waals surface area contributed by atoms with Crippen molar-refractivity contribution in [2.75, 3.05) is 12.8 Å². The third-order valence-corrected chi connectivity index (χ3v) is 3.35. The van der Waals surface area contributed by atoms with E-state index in [1.807, 2.05) is 18.2 Å². The van der Waals surface area contributed by atoms with Crippen LogP contribution >= 0.6 is 0 Å². The van der Waals surface area contributed by atoms with E-state index < -0.39 is 0 Å². The van der Waals surface area contributed by atoms with Gasteiger partial charge in [-0.25, -0.2) is 4.68 Å². The Morgan fingerprint density at radius 3 is 2.63 bits per heavy atom. The predicted molar refractivity (Wildman–Crippen MR) is 73.8 cm³/mol. The minimum atomic E-state index is 0.175. The number of nitrogens with zero attached hydrogens (tertiary/aromatic N) is 4. The summed E-state index contributed by atoms with van der Waals surface area (Å²) in [5.41, 5.74) is 7.39. The van der Waals surface area contributed by atoms with E-state index in [0.717, 1.165) is 5.56 Å². The van der Waals surface area contributed by atoms with Gasteiger partial charge in [0.2, 0.25) is 0 Å². The summed E-state index contributed by atoms with van der Waals surface area (Å²) in [6.07, 6.45) is 0. The largest absolute Gasteiger partial charge is 0.496 e. The molecule has 6 heteroatoms. The second kappa shape index (κ2) is 5.26. The highest BCUT2D eigenvalue weighted by molar-refractivity contribution is 5.77. The summed E-state index contributed by atoms with van der Waals surface area (Å²) >= 11 is 0. The fraction of sp³-hybridized carbons (Fsp3) is 0.462. The molecular weight excluding hydrogens is 242 g/mol. The lowest BCUT2D eigenvalue weighted by atomic mass is 10.1. The number of nitrogen functional groups attached to an aromatic ring is 1. The van der Waals surface area contributed by atoms with Crippen molar-refractivity contribution in [1.82, 2.24) is 20.2 Å². The number of hydrogen-bond donors (Lipinski definition) is 1. The van der Waals surface area contributed by atoms with E-state index in [1.54, 1.807) is 11.8 Å². The summed E-state index contributed by atoms with van der Waals surface area (Å²) in [7, 11) is 1.61. The number of nitrogens with two attached hydrogens (primary N) is 1. The molecular formula is C13H19N5O. The van der Waals surface area contributed by atoms with E-state index >= 15 is 0 Å². The molecule has 2 rings (SSSR count). The van der Waals surface area contributed by atoms with Crippen LogP contribution in [-0.2, 0) is 0 Å². The Bertz CT molecular complexity index is 564. The highest BCUT2D eigenvalue weighted by Crippen LogP contribution is 2.35. The van der Waals surface area contributed by atoms with Crippen LogP contribution < -0.4 is 10.5 Å². The van der Waals surface area contributed by atoms with Crippen molar-refractivity contribution in [2.24, 2.45) is 5.92 Å². The number of methoxy groups -OCH3 is 1. The molecule has 2 N–H and O–H groups in total. The molecule has 2 aromatic rings. The van der Waals surface area contributed by atoms with Crippen molar-refractivity contribution < 1.29 is 4.74 Å². The maximum atomic E-state index is 6.04. The van der Waals surface area contributed by atoms with E-state index in [1.165, 1.54) is 0 Å². The molecule has 0 aliphatic rings. The first-order chi connectivity index (χ1) is 9.06. The van der Waals surface area contributed by atoms with Gasteiger partial charge in [0.15, 0.2) is 5.82 Å². The third kappa shape index (κ3) is 2.38. The van der Waals surface area contributed by atoms with Crippen LogP contribution in [0.25, 0.3) is 11.4 Å². The van der Waals surface area contributed by atoms with Crippen molar-refractivity contribution in [3.05, 3.63) is 18.2 Å². The van der Waals surface area contributed by atoms with Gasteiger partial charge in [-0.2, -0.15) is 0 Å². The molecule has 0 spiro atoms. The van der Waals surface area contributed by atoms with Crippen LogP contribution in [0.5, 0.6) is 5.75 Å². The zero-order valence-electron chi connectivity index (χ0n) is 11.7. The fourth-order valence-corrected chi connectivity index (χ4v) is 1.87. The van der Waals surface area contributed by atoms with Crippen LogP contribution in [-0.4, -0.2) is 27.3 Å². The van der Waals surface area contributed by atoms with E-state index in [-0.39, 0.29) is 6.04 Å². The molecule has 0 saturated heterocycles. The first-order valence-electron chi connectivity index (χ1n) is 6.27. The van der Waals surface area contributed by atoms with Gasteiger partial charge in [0, 0.05) is 5.69 Å². The summed E-state index contributed by atoms with van der Waals surface area (Å²) in [5, 5.41) is 11.9. The molecule has 0 amide bonds.